The maximum atomic E-state index is 13.4. The molecule has 0 unspecified atom stereocenters. The fourth-order valence-corrected chi connectivity index (χ4v) is 1.51. The first-order chi connectivity index (χ1) is 6.83. The molecule has 14 heavy (non-hydrogen) atoms. The zero-order valence-corrected chi connectivity index (χ0v) is 7.78. The lowest BCUT2D eigenvalue weighted by Gasteiger charge is -2.01. The molecule has 74 valence electrons. The Morgan fingerprint density at radius 1 is 1.43 bits per heavy atom. The van der Waals surface area contributed by atoms with E-state index in [0.29, 0.717) is 13.0 Å². The predicted molar refractivity (Wildman–Crippen MR) is 52.5 cm³/mol. The topological polar surface area (TPSA) is 43.3 Å². The first-order valence-corrected chi connectivity index (χ1v) is 4.64. The van der Waals surface area contributed by atoms with Crippen LogP contribution in [0.3, 0.4) is 0 Å². The number of aromatic nitrogens is 2. The molecule has 0 aliphatic rings. The smallest absolute Gasteiger partial charge is 0.199 e. The highest BCUT2D eigenvalue weighted by atomic mass is 19.1. The van der Waals surface area contributed by atoms with Crippen molar-refractivity contribution >= 4 is 5.52 Å². The van der Waals surface area contributed by atoms with Gasteiger partial charge in [-0.3, -0.25) is 4.40 Å². The van der Waals surface area contributed by atoms with E-state index in [4.69, 9.17) is 5.73 Å². The van der Waals surface area contributed by atoms with Crippen LogP contribution in [-0.4, -0.2) is 15.9 Å². The highest BCUT2D eigenvalue weighted by Crippen LogP contribution is 2.10. The van der Waals surface area contributed by atoms with Crippen LogP contribution >= 0.6 is 0 Å². The van der Waals surface area contributed by atoms with Gasteiger partial charge in [0.15, 0.2) is 5.95 Å². The standard InChI is InChI=1S/C10H12FN3/c11-9-4-1-3-8-7-13-10(14(8)9)5-2-6-12/h1,3-4,7H,2,5-6,12H2. The number of hydrogen-bond acceptors (Lipinski definition) is 2. The van der Waals surface area contributed by atoms with Gasteiger partial charge in [0.1, 0.15) is 5.82 Å². The maximum absolute atomic E-state index is 13.4. The minimum absolute atomic E-state index is 0.271. The van der Waals surface area contributed by atoms with Crippen molar-refractivity contribution in [2.75, 3.05) is 6.54 Å². The third-order valence-corrected chi connectivity index (χ3v) is 2.18. The monoisotopic (exact) mass is 193 g/mol. The lowest BCUT2D eigenvalue weighted by atomic mass is 10.3. The highest BCUT2D eigenvalue weighted by molar-refractivity contribution is 5.45. The summed E-state index contributed by atoms with van der Waals surface area (Å²) in [5, 5.41) is 0. The Kier molecular flexibility index (Phi) is 2.45. The van der Waals surface area contributed by atoms with Crippen molar-refractivity contribution in [3.05, 3.63) is 36.2 Å². The van der Waals surface area contributed by atoms with Gasteiger partial charge in [0.25, 0.3) is 0 Å². The zero-order valence-electron chi connectivity index (χ0n) is 7.78. The molecule has 0 saturated heterocycles. The second-order valence-electron chi connectivity index (χ2n) is 3.18. The summed E-state index contributed by atoms with van der Waals surface area (Å²) < 4.78 is 14.9. The number of pyridine rings is 1. The average molecular weight is 193 g/mol. The van der Waals surface area contributed by atoms with E-state index >= 15 is 0 Å². The maximum Gasteiger partial charge on any atom is 0.199 e. The van der Waals surface area contributed by atoms with Crippen LogP contribution in [-0.2, 0) is 6.42 Å². The van der Waals surface area contributed by atoms with Gasteiger partial charge in [-0.1, -0.05) is 6.07 Å². The number of imidazole rings is 1. The van der Waals surface area contributed by atoms with Crippen LogP contribution in [0.15, 0.2) is 24.4 Å². The zero-order chi connectivity index (χ0) is 9.97. The van der Waals surface area contributed by atoms with Gasteiger partial charge in [0.2, 0.25) is 0 Å². The molecular formula is C10H12FN3. The molecule has 0 aromatic carbocycles. The molecule has 4 heteroatoms. The Hall–Kier alpha value is -1.42. The van der Waals surface area contributed by atoms with E-state index in [1.54, 1.807) is 12.3 Å². The second kappa shape index (κ2) is 3.75. The van der Waals surface area contributed by atoms with Crippen molar-refractivity contribution in [2.24, 2.45) is 5.73 Å². The fraction of sp³-hybridized carbons (Fsp3) is 0.300. The number of aryl methyl sites for hydroxylation is 1. The van der Waals surface area contributed by atoms with Crippen LogP contribution in [0.4, 0.5) is 4.39 Å². The number of nitrogens with two attached hydrogens (primary N) is 1. The molecule has 0 radical (unpaired) electrons. The molecule has 0 aliphatic carbocycles. The molecule has 2 N–H and O–H groups in total. The van der Waals surface area contributed by atoms with Crippen LogP contribution < -0.4 is 5.73 Å². The lowest BCUT2D eigenvalue weighted by Crippen LogP contribution is -2.04. The summed E-state index contributed by atoms with van der Waals surface area (Å²) in [6, 6.07) is 4.95. The predicted octanol–water partition coefficient (Wildman–Crippen LogP) is 1.36. The normalized spacial score (nSPS) is 11.0. The Labute approximate surface area is 81.4 Å². The third-order valence-electron chi connectivity index (χ3n) is 2.18. The number of fused-ring (bicyclic) bond motifs is 1. The van der Waals surface area contributed by atoms with Gasteiger partial charge in [-0.2, -0.15) is 4.39 Å². The van der Waals surface area contributed by atoms with E-state index in [-0.39, 0.29) is 5.95 Å². The van der Waals surface area contributed by atoms with E-state index in [9.17, 15) is 4.39 Å². The van der Waals surface area contributed by atoms with Crippen molar-refractivity contribution < 1.29 is 4.39 Å². The minimum atomic E-state index is -0.271. The van der Waals surface area contributed by atoms with Crippen LogP contribution in [0.1, 0.15) is 12.2 Å². The molecule has 2 rings (SSSR count). The first-order valence-electron chi connectivity index (χ1n) is 4.64. The summed E-state index contributed by atoms with van der Waals surface area (Å²) in [6.45, 7) is 0.601. The number of nitrogens with zero attached hydrogens (tertiary/aromatic N) is 2. The number of hydrogen-bond donors (Lipinski definition) is 1. The van der Waals surface area contributed by atoms with E-state index < -0.39 is 0 Å². The number of halogens is 1. The third kappa shape index (κ3) is 1.48. The molecule has 2 aromatic rings. The molecule has 2 aromatic heterocycles. The SMILES string of the molecule is NCCCc1ncc2cccc(F)n12. The van der Waals surface area contributed by atoms with Crippen molar-refractivity contribution in [2.45, 2.75) is 12.8 Å². The minimum Gasteiger partial charge on any atom is -0.330 e. The Balaban J connectivity index is 2.45. The van der Waals surface area contributed by atoms with E-state index in [1.807, 2.05) is 6.07 Å². The molecular weight excluding hydrogens is 181 g/mol. The Morgan fingerprint density at radius 2 is 2.29 bits per heavy atom. The molecule has 0 atom stereocenters. The number of rotatable bonds is 3. The van der Waals surface area contributed by atoms with E-state index in [2.05, 4.69) is 4.98 Å². The van der Waals surface area contributed by atoms with Crippen molar-refractivity contribution in [3.63, 3.8) is 0 Å². The van der Waals surface area contributed by atoms with Crippen LogP contribution in [0.5, 0.6) is 0 Å². The van der Waals surface area contributed by atoms with E-state index in [1.165, 1.54) is 10.5 Å². The van der Waals surface area contributed by atoms with Gasteiger partial charge >= 0.3 is 0 Å². The van der Waals surface area contributed by atoms with Gasteiger partial charge < -0.3 is 5.73 Å². The second-order valence-corrected chi connectivity index (χ2v) is 3.18. The summed E-state index contributed by atoms with van der Waals surface area (Å²) in [7, 11) is 0. The van der Waals surface area contributed by atoms with Gasteiger partial charge in [0.05, 0.1) is 11.7 Å². The molecule has 0 spiro atoms. The molecule has 0 saturated carbocycles. The summed E-state index contributed by atoms with van der Waals surface area (Å²) in [6.07, 6.45) is 3.22. The Bertz CT molecular complexity index is 436. The van der Waals surface area contributed by atoms with Gasteiger partial charge in [-0.25, -0.2) is 4.98 Å². The molecule has 3 nitrogen and oxygen atoms in total. The molecule has 0 bridgehead atoms. The highest BCUT2D eigenvalue weighted by Gasteiger charge is 2.05. The van der Waals surface area contributed by atoms with Crippen LogP contribution in [0.2, 0.25) is 0 Å². The fourth-order valence-electron chi connectivity index (χ4n) is 1.51. The molecule has 2 heterocycles. The quantitative estimate of drug-likeness (QED) is 0.748. The summed E-state index contributed by atoms with van der Waals surface area (Å²) >= 11 is 0. The van der Waals surface area contributed by atoms with Gasteiger partial charge in [-0.05, 0) is 25.1 Å². The van der Waals surface area contributed by atoms with Crippen LogP contribution in [0.25, 0.3) is 5.52 Å². The van der Waals surface area contributed by atoms with Crippen LogP contribution in [0, 0.1) is 5.95 Å². The average Bonchev–Trinajstić information content (AvgIpc) is 2.59. The van der Waals surface area contributed by atoms with E-state index in [0.717, 1.165) is 17.8 Å². The van der Waals surface area contributed by atoms with Crippen molar-refractivity contribution in [1.82, 2.24) is 9.38 Å². The van der Waals surface area contributed by atoms with Gasteiger partial charge in [0, 0.05) is 6.42 Å². The molecule has 0 amide bonds. The van der Waals surface area contributed by atoms with Gasteiger partial charge in [-0.15, -0.1) is 0 Å². The van der Waals surface area contributed by atoms with Crippen molar-refractivity contribution in [3.8, 4) is 0 Å². The lowest BCUT2D eigenvalue weighted by molar-refractivity contribution is 0.555. The summed E-state index contributed by atoms with van der Waals surface area (Å²) in [4.78, 5) is 4.16. The summed E-state index contributed by atoms with van der Waals surface area (Å²) in [5.74, 6) is 0.468. The Morgan fingerprint density at radius 3 is 3.07 bits per heavy atom. The largest absolute Gasteiger partial charge is 0.330 e. The first kappa shape index (κ1) is 9.15. The molecule has 0 fully saturated rings. The summed E-state index contributed by atoms with van der Waals surface area (Å²) in [5.41, 5.74) is 6.19. The van der Waals surface area contributed by atoms with Crippen molar-refractivity contribution in [1.29, 1.82) is 0 Å². The molecule has 0 aliphatic heterocycles.